The minimum atomic E-state index is -0.866. The third-order valence-corrected chi connectivity index (χ3v) is 8.57. The molecule has 1 aromatic rings. The predicted molar refractivity (Wildman–Crippen MR) is 118 cm³/mol. The van der Waals surface area contributed by atoms with Crippen molar-refractivity contribution in [3.8, 4) is 5.75 Å². The molecule has 4 atom stereocenters. The Morgan fingerprint density at radius 3 is 2.81 bits per heavy atom. The van der Waals surface area contributed by atoms with Crippen LogP contribution in [0.15, 0.2) is 18.2 Å². The molecule has 170 valence electrons. The number of carbonyl (C=O) groups is 1. The van der Waals surface area contributed by atoms with Gasteiger partial charge in [-0.05, 0) is 93.0 Å². The van der Waals surface area contributed by atoms with E-state index in [1.807, 2.05) is 6.07 Å². The van der Waals surface area contributed by atoms with E-state index < -0.39 is 5.60 Å². The largest absolute Gasteiger partial charge is 0.508 e. The second-order valence-electron chi connectivity index (χ2n) is 10.5. The van der Waals surface area contributed by atoms with Crippen LogP contribution in [0.3, 0.4) is 0 Å². The van der Waals surface area contributed by atoms with E-state index in [0.717, 1.165) is 50.3 Å². The number of nitrogens with zero attached hydrogens (tertiary/aromatic N) is 1. The highest BCUT2D eigenvalue weighted by Crippen LogP contribution is 2.60. The summed E-state index contributed by atoms with van der Waals surface area (Å²) in [5.41, 5.74) is 1.22. The third kappa shape index (κ3) is 3.66. The lowest BCUT2D eigenvalue weighted by molar-refractivity contribution is -0.178. The summed E-state index contributed by atoms with van der Waals surface area (Å²) < 4.78 is 0. The minimum Gasteiger partial charge on any atom is -0.508 e. The monoisotopic (exact) mass is 428 g/mol. The van der Waals surface area contributed by atoms with E-state index in [-0.39, 0.29) is 35.6 Å². The Balaban J connectivity index is 1.42. The number of rotatable bonds is 7. The minimum absolute atomic E-state index is 0.0202. The number of aliphatic hydroxyl groups excluding tert-OH is 1. The van der Waals surface area contributed by atoms with Gasteiger partial charge in [-0.3, -0.25) is 9.69 Å². The molecule has 4 N–H and O–H groups in total. The first kappa shape index (κ1) is 21.2. The predicted octanol–water partition coefficient (Wildman–Crippen LogP) is 2.09. The first-order valence-corrected chi connectivity index (χ1v) is 12.1. The van der Waals surface area contributed by atoms with Crippen LogP contribution in [0, 0.1) is 11.8 Å². The molecule has 0 spiro atoms. The number of hydrogen-bond donors (Lipinski definition) is 4. The molecule has 1 amide bonds. The lowest BCUT2D eigenvalue weighted by Crippen LogP contribution is -2.73. The van der Waals surface area contributed by atoms with Crippen molar-refractivity contribution in [2.75, 3.05) is 26.2 Å². The van der Waals surface area contributed by atoms with Crippen molar-refractivity contribution >= 4 is 5.91 Å². The van der Waals surface area contributed by atoms with Crippen molar-refractivity contribution in [3.63, 3.8) is 0 Å². The number of fused-ring (bicyclic) bond motifs is 1. The van der Waals surface area contributed by atoms with Crippen LogP contribution in [0.1, 0.15) is 62.5 Å². The smallest absolute Gasteiger partial charge is 0.220 e. The van der Waals surface area contributed by atoms with Crippen LogP contribution in [0.2, 0.25) is 0 Å². The molecule has 4 unspecified atom stereocenters. The van der Waals surface area contributed by atoms with Crippen LogP contribution in [-0.2, 0) is 16.6 Å². The molecule has 2 bridgehead atoms. The number of phenols is 1. The number of amides is 1. The van der Waals surface area contributed by atoms with E-state index in [4.69, 9.17) is 5.11 Å². The Kier molecular flexibility index (Phi) is 5.51. The van der Waals surface area contributed by atoms with Gasteiger partial charge < -0.3 is 20.6 Å². The SMILES string of the molecule is O=C(CC1CCC23CCN(CC4CC4)C(Cc4ccc(O)cc42)C3(O)C1)NCCCO. The molecule has 3 aliphatic carbocycles. The van der Waals surface area contributed by atoms with Crippen molar-refractivity contribution in [1.29, 1.82) is 0 Å². The number of carbonyl (C=O) groups excluding carboxylic acids is 1. The number of hydrogen-bond acceptors (Lipinski definition) is 5. The van der Waals surface area contributed by atoms with E-state index in [1.54, 1.807) is 6.07 Å². The average Bonchev–Trinajstić information content (AvgIpc) is 3.54. The first-order valence-electron chi connectivity index (χ1n) is 12.1. The van der Waals surface area contributed by atoms with E-state index in [2.05, 4.69) is 16.3 Å². The number of likely N-dealkylation sites (tertiary alicyclic amines) is 1. The molecule has 31 heavy (non-hydrogen) atoms. The third-order valence-electron chi connectivity index (χ3n) is 8.57. The highest BCUT2D eigenvalue weighted by Gasteiger charge is 2.64. The normalized spacial score (nSPS) is 34.6. The molecule has 1 aromatic carbocycles. The Morgan fingerprint density at radius 2 is 2.03 bits per heavy atom. The van der Waals surface area contributed by atoms with Crippen molar-refractivity contribution < 1.29 is 20.1 Å². The maximum Gasteiger partial charge on any atom is 0.220 e. The lowest BCUT2D eigenvalue weighted by atomic mass is 9.48. The highest BCUT2D eigenvalue weighted by atomic mass is 16.3. The Bertz CT molecular complexity index is 841. The Labute approximate surface area is 184 Å². The van der Waals surface area contributed by atoms with Crippen molar-refractivity contribution in [2.45, 2.75) is 74.8 Å². The molecule has 5 rings (SSSR count). The van der Waals surface area contributed by atoms with Gasteiger partial charge >= 0.3 is 0 Å². The van der Waals surface area contributed by atoms with E-state index in [9.17, 15) is 15.0 Å². The van der Waals surface area contributed by atoms with E-state index >= 15 is 0 Å². The maximum absolute atomic E-state index is 12.4. The molecule has 6 nitrogen and oxygen atoms in total. The van der Waals surface area contributed by atoms with Gasteiger partial charge in [0, 0.05) is 37.6 Å². The number of aromatic hydroxyl groups is 1. The zero-order valence-electron chi connectivity index (χ0n) is 18.4. The quantitative estimate of drug-likeness (QED) is 0.499. The molecule has 1 saturated heterocycles. The van der Waals surface area contributed by atoms with Gasteiger partial charge in [0.1, 0.15) is 5.75 Å². The second-order valence-corrected chi connectivity index (χ2v) is 10.5. The van der Waals surface area contributed by atoms with Gasteiger partial charge in [0.05, 0.1) is 5.60 Å². The van der Waals surface area contributed by atoms with Crippen molar-refractivity contribution in [2.24, 2.45) is 11.8 Å². The standard InChI is InChI=1S/C25H36N2O4/c28-11-1-9-26-23(30)12-18-6-7-24-8-10-27(16-17-2-3-17)22(25(24,31)15-18)13-19-4-5-20(29)14-21(19)24/h4-5,14,17-18,22,28-29,31H,1-3,6-13,15-16H2,(H,26,30). The zero-order chi connectivity index (χ0) is 21.6. The molecule has 1 aliphatic heterocycles. The van der Waals surface area contributed by atoms with Gasteiger partial charge in [-0.1, -0.05) is 6.07 Å². The second kappa shape index (κ2) is 8.05. The number of phenolic OH excluding ortho intramolecular Hbond substituents is 1. The molecule has 0 radical (unpaired) electrons. The van der Waals surface area contributed by atoms with Crippen LogP contribution in [0.5, 0.6) is 5.75 Å². The fourth-order valence-corrected chi connectivity index (χ4v) is 6.86. The fourth-order valence-electron chi connectivity index (χ4n) is 6.86. The summed E-state index contributed by atoms with van der Waals surface area (Å²) >= 11 is 0. The molecule has 4 aliphatic rings. The number of piperidine rings is 1. The van der Waals surface area contributed by atoms with Gasteiger partial charge in [0.25, 0.3) is 0 Å². The number of nitrogens with one attached hydrogen (secondary N) is 1. The molecular formula is C25H36N2O4. The van der Waals surface area contributed by atoms with Crippen LogP contribution in [0.4, 0.5) is 0 Å². The summed E-state index contributed by atoms with van der Waals surface area (Å²) in [6.07, 6.45) is 7.76. The van der Waals surface area contributed by atoms with Gasteiger partial charge in [0.2, 0.25) is 5.91 Å². The molecule has 3 fully saturated rings. The summed E-state index contributed by atoms with van der Waals surface area (Å²) in [7, 11) is 0. The zero-order valence-corrected chi connectivity index (χ0v) is 18.4. The molecule has 1 heterocycles. The van der Waals surface area contributed by atoms with E-state index in [1.165, 1.54) is 18.4 Å². The van der Waals surface area contributed by atoms with Gasteiger partial charge in [0.15, 0.2) is 0 Å². The molecule has 0 aromatic heterocycles. The molecule has 6 heteroatoms. The summed E-state index contributed by atoms with van der Waals surface area (Å²) in [6, 6.07) is 5.82. The van der Waals surface area contributed by atoms with Crippen LogP contribution < -0.4 is 5.32 Å². The average molecular weight is 429 g/mol. The lowest BCUT2D eigenvalue weighted by Gasteiger charge is -2.65. The van der Waals surface area contributed by atoms with Gasteiger partial charge in [-0.25, -0.2) is 0 Å². The first-order chi connectivity index (χ1) is 14.9. The summed E-state index contributed by atoms with van der Waals surface area (Å²) in [5.74, 6) is 1.23. The van der Waals surface area contributed by atoms with Gasteiger partial charge in [-0.2, -0.15) is 0 Å². The van der Waals surface area contributed by atoms with Crippen LogP contribution >= 0.6 is 0 Å². The summed E-state index contributed by atoms with van der Waals surface area (Å²) in [5, 5.41) is 34.5. The molecule has 2 saturated carbocycles. The van der Waals surface area contributed by atoms with Gasteiger partial charge in [-0.15, -0.1) is 0 Å². The Morgan fingerprint density at radius 1 is 1.19 bits per heavy atom. The molecular weight excluding hydrogens is 392 g/mol. The van der Waals surface area contributed by atoms with Crippen LogP contribution in [0.25, 0.3) is 0 Å². The highest BCUT2D eigenvalue weighted by molar-refractivity contribution is 5.76. The summed E-state index contributed by atoms with van der Waals surface area (Å²) in [4.78, 5) is 15.0. The number of aliphatic hydroxyl groups is 2. The Hall–Kier alpha value is -1.63. The van der Waals surface area contributed by atoms with Crippen molar-refractivity contribution in [3.05, 3.63) is 29.3 Å². The fraction of sp³-hybridized carbons (Fsp3) is 0.720. The van der Waals surface area contributed by atoms with Crippen LogP contribution in [-0.4, -0.2) is 64.0 Å². The summed E-state index contributed by atoms with van der Waals surface area (Å²) in [6.45, 7) is 2.66. The van der Waals surface area contributed by atoms with Crippen molar-refractivity contribution in [1.82, 2.24) is 10.2 Å². The number of benzene rings is 1. The topological polar surface area (TPSA) is 93.0 Å². The maximum atomic E-state index is 12.4. The van der Waals surface area contributed by atoms with E-state index in [0.29, 0.717) is 25.8 Å².